The number of Topliss-reactive ketones (excluding diaryl/α,β-unsaturated/α-hetero) is 1. The summed E-state index contributed by atoms with van der Waals surface area (Å²) < 4.78 is 0. The Morgan fingerprint density at radius 3 is 2.13 bits per heavy atom. The number of ketones is 1. The fourth-order valence-electron chi connectivity index (χ4n) is 3.80. The SMILES string of the molecule is Cc1ccc(/C(O)=C2\C(=O)C(=O)N(c3cc(Cl)cc(Cl)c3)C2c2cccc(C)c2)cc1. The van der Waals surface area contributed by atoms with Gasteiger partial charge < -0.3 is 5.11 Å². The molecule has 1 N–H and O–H groups in total. The second-order valence-corrected chi connectivity index (χ2v) is 8.45. The summed E-state index contributed by atoms with van der Waals surface area (Å²) in [4.78, 5) is 27.6. The first-order chi connectivity index (χ1) is 14.8. The molecule has 1 atom stereocenters. The number of benzene rings is 3. The van der Waals surface area contributed by atoms with Gasteiger partial charge in [0.1, 0.15) is 5.76 Å². The van der Waals surface area contributed by atoms with Crippen LogP contribution in [0.5, 0.6) is 0 Å². The van der Waals surface area contributed by atoms with Crippen LogP contribution in [0, 0.1) is 13.8 Å². The largest absolute Gasteiger partial charge is 0.507 e. The van der Waals surface area contributed by atoms with E-state index >= 15 is 0 Å². The van der Waals surface area contributed by atoms with E-state index < -0.39 is 17.7 Å². The van der Waals surface area contributed by atoms with Gasteiger partial charge in [-0.05, 0) is 37.6 Å². The Morgan fingerprint density at radius 2 is 1.52 bits per heavy atom. The molecule has 1 aliphatic heterocycles. The van der Waals surface area contributed by atoms with E-state index in [9.17, 15) is 14.7 Å². The fourth-order valence-corrected chi connectivity index (χ4v) is 4.31. The molecule has 0 aromatic heterocycles. The number of aliphatic hydroxyl groups is 1. The first-order valence-electron chi connectivity index (χ1n) is 9.67. The van der Waals surface area contributed by atoms with Crippen molar-refractivity contribution in [3.05, 3.63) is 105 Å². The Kier molecular flexibility index (Phi) is 5.61. The summed E-state index contributed by atoms with van der Waals surface area (Å²) in [5.74, 6) is -1.74. The van der Waals surface area contributed by atoms with Crippen LogP contribution in [-0.4, -0.2) is 16.8 Å². The number of hydrogen-bond donors (Lipinski definition) is 1. The average Bonchev–Trinajstić information content (AvgIpc) is 2.98. The van der Waals surface area contributed by atoms with Crippen molar-refractivity contribution in [2.24, 2.45) is 0 Å². The third kappa shape index (κ3) is 3.97. The molecule has 156 valence electrons. The van der Waals surface area contributed by atoms with Crippen LogP contribution in [0.15, 0.2) is 72.3 Å². The minimum Gasteiger partial charge on any atom is -0.507 e. The zero-order chi connectivity index (χ0) is 22.3. The van der Waals surface area contributed by atoms with Crippen LogP contribution in [0.25, 0.3) is 5.76 Å². The zero-order valence-corrected chi connectivity index (χ0v) is 18.4. The molecule has 6 heteroatoms. The summed E-state index contributed by atoms with van der Waals surface area (Å²) in [5, 5.41) is 11.8. The smallest absolute Gasteiger partial charge is 0.300 e. The second kappa shape index (κ2) is 8.22. The van der Waals surface area contributed by atoms with Crippen molar-refractivity contribution >= 4 is 46.3 Å². The van der Waals surface area contributed by atoms with Crippen LogP contribution in [0.3, 0.4) is 0 Å². The molecule has 1 fully saturated rings. The number of halogens is 2. The average molecular weight is 452 g/mol. The number of rotatable bonds is 3. The number of carbonyl (C=O) groups is 2. The first kappa shape index (κ1) is 21.2. The van der Waals surface area contributed by atoms with Gasteiger partial charge in [-0.3, -0.25) is 14.5 Å². The van der Waals surface area contributed by atoms with Crippen molar-refractivity contribution in [3.63, 3.8) is 0 Å². The predicted molar refractivity (Wildman–Crippen MR) is 124 cm³/mol. The Morgan fingerprint density at radius 1 is 0.871 bits per heavy atom. The highest BCUT2D eigenvalue weighted by molar-refractivity contribution is 6.52. The summed E-state index contributed by atoms with van der Waals surface area (Å²) in [7, 11) is 0. The van der Waals surface area contributed by atoms with Gasteiger partial charge in [-0.25, -0.2) is 0 Å². The molecule has 31 heavy (non-hydrogen) atoms. The second-order valence-electron chi connectivity index (χ2n) is 7.58. The van der Waals surface area contributed by atoms with Gasteiger partial charge in [-0.1, -0.05) is 82.9 Å². The molecule has 0 bridgehead atoms. The summed E-state index contributed by atoms with van der Waals surface area (Å²) in [6, 6.07) is 18.5. The molecule has 4 rings (SSSR count). The summed E-state index contributed by atoms with van der Waals surface area (Å²) in [5.41, 5.74) is 3.54. The molecule has 1 heterocycles. The Balaban J connectivity index is 1.97. The monoisotopic (exact) mass is 451 g/mol. The van der Waals surface area contributed by atoms with Crippen LogP contribution < -0.4 is 4.90 Å². The molecule has 3 aromatic carbocycles. The minimum atomic E-state index is -0.823. The summed E-state index contributed by atoms with van der Waals surface area (Å²) >= 11 is 12.3. The molecular formula is C25H19Cl2NO3. The van der Waals surface area contributed by atoms with E-state index in [1.54, 1.807) is 30.3 Å². The highest BCUT2D eigenvalue weighted by Crippen LogP contribution is 2.43. The topological polar surface area (TPSA) is 57.6 Å². The highest BCUT2D eigenvalue weighted by atomic mass is 35.5. The van der Waals surface area contributed by atoms with Crippen molar-refractivity contribution in [1.82, 2.24) is 0 Å². The van der Waals surface area contributed by atoms with Gasteiger partial charge in [0.25, 0.3) is 11.7 Å². The first-order valence-corrected chi connectivity index (χ1v) is 10.4. The number of aliphatic hydroxyl groups excluding tert-OH is 1. The molecule has 0 aliphatic carbocycles. The standard InChI is InChI=1S/C25H19Cl2NO3/c1-14-6-8-16(9-7-14)23(29)21-22(17-5-3-4-15(2)10-17)28(25(31)24(21)30)20-12-18(26)11-19(27)13-20/h3-13,22,29H,1-2H3/b23-21+. The van der Waals surface area contributed by atoms with Crippen molar-refractivity contribution in [1.29, 1.82) is 0 Å². The van der Waals surface area contributed by atoms with Crippen molar-refractivity contribution < 1.29 is 14.7 Å². The number of nitrogens with zero attached hydrogens (tertiary/aromatic N) is 1. The predicted octanol–water partition coefficient (Wildman–Crippen LogP) is 6.24. The van der Waals surface area contributed by atoms with E-state index in [1.807, 2.05) is 50.2 Å². The summed E-state index contributed by atoms with van der Waals surface area (Å²) in [6.45, 7) is 3.85. The number of carbonyl (C=O) groups excluding carboxylic acids is 2. The normalized spacial score (nSPS) is 17.9. The van der Waals surface area contributed by atoms with Crippen LogP contribution in [-0.2, 0) is 9.59 Å². The van der Waals surface area contributed by atoms with Crippen LogP contribution in [0.1, 0.15) is 28.3 Å². The van der Waals surface area contributed by atoms with Crippen LogP contribution in [0.4, 0.5) is 5.69 Å². The lowest BCUT2D eigenvalue weighted by Crippen LogP contribution is -2.29. The van der Waals surface area contributed by atoms with Gasteiger partial charge in [0.2, 0.25) is 0 Å². The van der Waals surface area contributed by atoms with Gasteiger partial charge >= 0.3 is 0 Å². The number of anilines is 1. The third-order valence-corrected chi connectivity index (χ3v) is 5.69. The van der Waals surface area contributed by atoms with E-state index in [2.05, 4.69) is 0 Å². The van der Waals surface area contributed by atoms with E-state index in [0.717, 1.165) is 11.1 Å². The maximum absolute atomic E-state index is 13.1. The van der Waals surface area contributed by atoms with Gasteiger partial charge in [0, 0.05) is 21.3 Å². The van der Waals surface area contributed by atoms with E-state index in [0.29, 0.717) is 26.9 Å². The number of amides is 1. The quantitative estimate of drug-likeness (QED) is 0.291. The van der Waals surface area contributed by atoms with Gasteiger partial charge in [0.05, 0.1) is 11.6 Å². The molecule has 4 nitrogen and oxygen atoms in total. The molecule has 1 unspecified atom stereocenters. The maximum Gasteiger partial charge on any atom is 0.300 e. The molecule has 1 aliphatic rings. The molecular weight excluding hydrogens is 433 g/mol. The minimum absolute atomic E-state index is 0.0237. The van der Waals surface area contributed by atoms with E-state index in [4.69, 9.17) is 23.2 Å². The van der Waals surface area contributed by atoms with Crippen molar-refractivity contribution in [2.45, 2.75) is 19.9 Å². The van der Waals surface area contributed by atoms with Crippen LogP contribution >= 0.6 is 23.2 Å². The Hall–Kier alpha value is -3.08. The lowest BCUT2D eigenvalue weighted by Gasteiger charge is -2.26. The van der Waals surface area contributed by atoms with E-state index in [-0.39, 0.29) is 11.3 Å². The number of aryl methyl sites for hydroxylation is 2. The molecule has 3 aromatic rings. The molecule has 1 amide bonds. The number of hydrogen-bond acceptors (Lipinski definition) is 3. The lowest BCUT2D eigenvalue weighted by molar-refractivity contribution is -0.132. The van der Waals surface area contributed by atoms with Gasteiger partial charge in [0.15, 0.2) is 0 Å². The fraction of sp³-hybridized carbons (Fsp3) is 0.120. The molecule has 1 saturated heterocycles. The van der Waals surface area contributed by atoms with Crippen LogP contribution in [0.2, 0.25) is 10.0 Å². The molecule has 0 spiro atoms. The van der Waals surface area contributed by atoms with E-state index in [1.165, 1.54) is 4.90 Å². The highest BCUT2D eigenvalue weighted by Gasteiger charge is 2.47. The Labute approximate surface area is 190 Å². The summed E-state index contributed by atoms with van der Waals surface area (Å²) in [6.07, 6.45) is 0. The lowest BCUT2D eigenvalue weighted by atomic mass is 9.94. The third-order valence-electron chi connectivity index (χ3n) is 5.25. The zero-order valence-electron chi connectivity index (χ0n) is 16.9. The molecule has 0 radical (unpaired) electrons. The van der Waals surface area contributed by atoms with Gasteiger partial charge in [-0.2, -0.15) is 0 Å². The van der Waals surface area contributed by atoms with Crippen molar-refractivity contribution in [3.8, 4) is 0 Å². The Bertz CT molecular complexity index is 1210. The van der Waals surface area contributed by atoms with Crippen molar-refractivity contribution in [2.75, 3.05) is 4.90 Å². The maximum atomic E-state index is 13.1. The molecule has 0 saturated carbocycles. The van der Waals surface area contributed by atoms with Gasteiger partial charge in [-0.15, -0.1) is 0 Å².